The molecule has 0 aromatic heterocycles. The maximum Gasteiger partial charge on any atom is 0.237 e. The van der Waals surface area contributed by atoms with Gasteiger partial charge in [-0.3, -0.25) is 4.79 Å². The fourth-order valence-electron chi connectivity index (χ4n) is 1.06. The van der Waals surface area contributed by atoms with Gasteiger partial charge in [-0.15, -0.1) is 0 Å². The molecule has 0 aliphatic carbocycles. The first-order valence-corrected chi connectivity index (χ1v) is 5.99. The molecule has 0 aromatic carbocycles. The van der Waals surface area contributed by atoms with Crippen LogP contribution in [0.1, 0.15) is 48.5 Å². The lowest BCUT2D eigenvalue weighted by atomic mass is 9.82. The molecule has 2 atom stereocenters. The van der Waals surface area contributed by atoms with Crippen molar-refractivity contribution in [1.82, 2.24) is 5.32 Å². The van der Waals surface area contributed by atoms with Crippen molar-refractivity contribution >= 4 is 5.91 Å². The van der Waals surface area contributed by atoms with Gasteiger partial charge in [-0.1, -0.05) is 48.5 Å². The van der Waals surface area contributed by atoms with Gasteiger partial charge in [0.15, 0.2) is 0 Å². The standard InChI is InChI=1S/C13H28N2O/c1-9(12(2,3)4)8-15-11(16)10(14)13(5,6)7/h9-10H,8,14H2,1-7H3,(H,15,16)/t9?,10-/m1/s1. The van der Waals surface area contributed by atoms with Gasteiger partial charge in [0.25, 0.3) is 0 Å². The molecule has 0 rings (SSSR count). The molecular formula is C13H28N2O. The monoisotopic (exact) mass is 228 g/mol. The lowest BCUT2D eigenvalue weighted by Crippen LogP contribution is -2.50. The summed E-state index contributed by atoms with van der Waals surface area (Å²) in [7, 11) is 0. The van der Waals surface area contributed by atoms with Crippen LogP contribution in [0, 0.1) is 16.7 Å². The number of carbonyl (C=O) groups is 1. The van der Waals surface area contributed by atoms with Crippen LogP contribution < -0.4 is 11.1 Å². The second kappa shape index (κ2) is 5.17. The summed E-state index contributed by atoms with van der Waals surface area (Å²) in [5, 5.41) is 2.93. The highest BCUT2D eigenvalue weighted by Crippen LogP contribution is 2.24. The van der Waals surface area contributed by atoms with Gasteiger partial charge in [0, 0.05) is 6.54 Å². The van der Waals surface area contributed by atoms with Gasteiger partial charge in [0.1, 0.15) is 0 Å². The van der Waals surface area contributed by atoms with E-state index in [2.05, 4.69) is 33.0 Å². The lowest BCUT2D eigenvalue weighted by molar-refractivity contribution is -0.124. The van der Waals surface area contributed by atoms with E-state index in [1.165, 1.54) is 0 Å². The molecule has 0 bridgehead atoms. The summed E-state index contributed by atoms with van der Waals surface area (Å²) in [6.07, 6.45) is 0. The molecule has 1 unspecified atom stereocenters. The Balaban J connectivity index is 4.19. The highest BCUT2D eigenvalue weighted by Gasteiger charge is 2.28. The molecule has 1 amide bonds. The summed E-state index contributed by atoms with van der Waals surface area (Å²) in [4.78, 5) is 11.8. The fraction of sp³-hybridized carbons (Fsp3) is 0.923. The summed E-state index contributed by atoms with van der Waals surface area (Å²) >= 11 is 0. The molecule has 0 saturated carbocycles. The molecule has 0 spiro atoms. The molecule has 0 aliphatic heterocycles. The average Bonchev–Trinajstić information content (AvgIpc) is 2.09. The molecule has 3 N–H and O–H groups in total. The molecule has 3 nitrogen and oxygen atoms in total. The van der Waals surface area contributed by atoms with E-state index in [1.807, 2.05) is 20.8 Å². The molecular weight excluding hydrogens is 200 g/mol. The minimum absolute atomic E-state index is 0.0522. The minimum atomic E-state index is -0.445. The average molecular weight is 228 g/mol. The molecule has 16 heavy (non-hydrogen) atoms. The van der Waals surface area contributed by atoms with Crippen LogP contribution >= 0.6 is 0 Å². The zero-order valence-corrected chi connectivity index (χ0v) is 11.8. The molecule has 96 valence electrons. The number of amides is 1. The third-order valence-corrected chi connectivity index (χ3v) is 3.28. The lowest BCUT2D eigenvalue weighted by Gasteiger charge is -2.30. The van der Waals surface area contributed by atoms with Crippen molar-refractivity contribution in [2.45, 2.75) is 54.5 Å². The van der Waals surface area contributed by atoms with E-state index in [-0.39, 0.29) is 16.7 Å². The van der Waals surface area contributed by atoms with Crippen LogP contribution in [0.4, 0.5) is 0 Å². The van der Waals surface area contributed by atoms with Crippen LogP contribution in [0.3, 0.4) is 0 Å². The quantitative estimate of drug-likeness (QED) is 0.777. The van der Waals surface area contributed by atoms with E-state index >= 15 is 0 Å². The first kappa shape index (κ1) is 15.4. The van der Waals surface area contributed by atoms with Crippen LogP contribution in [-0.4, -0.2) is 18.5 Å². The van der Waals surface area contributed by atoms with E-state index in [4.69, 9.17) is 5.73 Å². The minimum Gasteiger partial charge on any atom is -0.354 e. The highest BCUT2D eigenvalue weighted by molar-refractivity contribution is 5.82. The van der Waals surface area contributed by atoms with Gasteiger partial charge in [-0.05, 0) is 16.7 Å². The fourth-order valence-corrected chi connectivity index (χ4v) is 1.06. The third kappa shape index (κ3) is 4.97. The van der Waals surface area contributed by atoms with Crippen molar-refractivity contribution in [3.63, 3.8) is 0 Å². The van der Waals surface area contributed by atoms with Crippen LogP contribution in [-0.2, 0) is 4.79 Å². The molecule has 0 aliphatic rings. The van der Waals surface area contributed by atoms with E-state index in [1.54, 1.807) is 0 Å². The second-order valence-corrected chi connectivity index (χ2v) is 6.86. The zero-order chi connectivity index (χ0) is 13.1. The van der Waals surface area contributed by atoms with Crippen molar-refractivity contribution in [2.24, 2.45) is 22.5 Å². The number of nitrogens with two attached hydrogens (primary N) is 1. The maximum absolute atomic E-state index is 11.8. The highest BCUT2D eigenvalue weighted by atomic mass is 16.2. The second-order valence-electron chi connectivity index (χ2n) is 6.86. The Morgan fingerprint density at radius 1 is 1.12 bits per heavy atom. The smallest absolute Gasteiger partial charge is 0.237 e. The molecule has 0 saturated heterocycles. The predicted octanol–water partition coefficient (Wildman–Crippen LogP) is 2.16. The van der Waals surface area contributed by atoms with Gasteiger partial charge < -0.3 is 11.1 Å². The van der Waals surface area contributed by atoms with Gasteiger partial charge in [-0.25, -0.2) is 0 Å². The molecule has 3 heteroatoms. The van der Waals surface area contributed by atoms with Crippen LogP contribution in [0.15, 0.2) is 0 Å². The van der Waals surface area contributed by atoms with Gasteiger partial charge in [0.2, 0.25) is 5.91 Å². The number of nitrogens with one attached hydrogen (secondary N) is 1. The van der Waals surface area contributed by atoms with Crippen LogP contribution in [0.2, 0.25) is 0 Å². The van der Waals surface area contributed by atoms with E-state index < -0.39 is 6.04 Å². The first-order chi connectivity index (χ1) is 6.96. The largest absolute Gasteiger partial charge is 0.354 e. The van der Waals surface area contributed by atoms with Crippen molar-refractivity contribution < 1.29 is 4.79 Å². The summed E-state index contributed by atoms with van der Waals surface area (Å²) in [6, 6.07) is -0.445. The van der Waals surface area contributed by atoms with E-state index in [0.717, 1.165) is 0 Å². The Kier molecular flexibility index (Phi) is 4.99. The van der Waals surface area contributed by atoms with Crippen molar-refractivity contribution in [3.05, 3.63) is 0 Å². The van der Waals surface area contributed by atoms with Crippen molar-refractivity contribution in [2.75, 3.05) is 6.54 Å². The normalized spacial score (nSPS) is 16.8. The molecule has 0 heterocycles. The number of hydrogen-bond donors (Lipinski definition) is 2. The molecule has 0 fully saturated rings. The third-order valence-electron chi connectivity index (χ3n) is 3.28. The Morgan fingerprint density at radius 2 is 1.56 bits per heavy atom. The summed E-state index contributed by atoms with van der Waals surface area (Å²) in [6.45, 7) is 15.3. The first-order valence-electron chi connectivity index (χ1n) is 5.99. The van der Waals surface area contributed by atoms with Gasteiger partial charge in [-0.2, -0.15) is 0 Å². The maximum atomic E-state index is 11.8. The van der Waals surface area contributed by atoms with Gasteiger partial charge in [0.05, 0.1) is 6.04 Å². The van der Waals surface area contributed by atoms with Crippen LogP contribution in [0.5, 0.6) is 0 Å². The summed E-state index contributed by atoms with van der Waals surface area (Å²) in [5.41, 5.74) is 5.90. The number of rotatable bonds is 3. The number of carbonyl (C=O) groups excluding carboxylic acids is 1. The topological polar surface area (TPSA) is 55.1 Å². The Labute approximate surface area is 100 Å². The van der Waals surface area contributed by atoms with E-state index in [0.29, 0.717) is 12.5 Å². The Bertz CT molecular complexity index is 235. The van der Waals surface area contributed by atoms with Crippen LogP contribution in [0.25, 0.3) is 0 Å². The zero-order valence-electron chi connectivity index (χ0n) is 11.8. The SMILES string of the molecule is CC(CNC(=O)[C@@H](N)C(C)(C)C)C(C)(C)C. The number of hydrogen-bond acceptors (Lipinski definition) is 2. The summed E-state index contributed by atoms with van der Waals surface area (Å²) in [5.74, 6) is 0.382. The predicted molar refractivity (Wildman–Crippen MR) is 69.1 cm³/mol. The molecule has 0 aromatic rings. The van der Waals surface area contributed by atoms with E-state index in [9.17, 15) is 4.79 Å². The van der Waals surface area contributed by atoms with Gasteiger partial charge >= 0.3 is 0 Å². The Morgan fingerprint density at radius 3 is 1.88 bits per heavy atom. The van der Waals surface area contributed by atoms with Crippen molar-refractivity contribution in [3.8, 4) is 0 Å². The summed E-state index contributed by atoms with van der Waals surface area (Å²) < 4.78 is 0. The Hall–Kier alpha value is -0.570. The van der Waals surface area contributed by atoms with Crippen molar-refractivity contribution in [1.29, 1.82) is 0 Å². The molecule has 0 radical (unpaired) electrons.